The van der Waals surface area contributed by atoms with E-state index >= 15 is 0 Å². The van der Waals surface area contributed by atoms with Crippen LogP contribution in [0.15, 0.2) is 0 Å². The summed E-state index contributed by atoms with van der Waals surface area (Å²) < 4.78 is 38.6. The van der Waals surface area contributed by atoms with Crippen molar-refractivity contribution >= 4 is 18.6 Å². The summed E-state index contributed by atoms with van der Waals surface area (Å²) >= 11 is 0. The second kappa shape index (κ2) is 6.45. The van der Waals surface area contributed by atoms with E-state index < -0.39 is 22.0 Å². The summed E-state index contributed by atoms with van der Waals surface area (Å²) in [5.74, 6) is -2.76. The SMILES string of the molecule is [B]C(F)(F)C(C)(C)CCCS(=O)C(C)(C)C(C)(C)CC. The van der Waals surface area contributed by atoms with E-state index in [1.807, 2.05) is 13.8 Å². The Balaban J connectivity index is 4.60. The molecule has 0 saturated heterocycles. The van der Waals surface area contributed by atoms with Crippen molar-refractivity contribution in [1.82, 2.24) is 0 Å². The van der Waals surface area contributed by atoms with Gasteiger partial charge in [-0.2, -0.15) is 0 Å². The van der Waals surface area contributed by atoms with Crippen LogP contribution in [-0.4, -0.2) is 28.4 Å². The molecule has 0 saturated carbocycles. The van der Waals surface area contributed by atoms with Gasteiger partial charge in [0.05, 0.1) is 0 Å². The molecule has 0 fully saturated rings. The molecule has 1 atom stereocenters. The third kappa shape index (κ3) is 4.54. The molecule has 5 heteroatoms. The maximum atomic E-state index is 13.2. The van der Waals surface area contributed by atoms with Gasteiger partial charge in [-0.05, 0) is 38.5 Å². The molecule has 1 nitrogen and oxygen atoms in total. The standard InChI is InChI=1S/C15H29BF2OS/c1-8-12(2,3)14(6,7)20(19)11-9-10-13(4,5)15(16,17)18/h8-11H2,1-7H3. The fourth-order valence-electron chi connectivity index (χ4n) is 1.80. The van der Waals surface area contributed by atoms with Crippen LogP contribution in [0, 0.1) is 10.8 Å². The molecular weight excluding hydrogens is 277 g/mol. The van der Waals surface area contributed by atoms with Crippen LogP contribution >= 0.6 is 0 Å². The highest BCUT2D eigenvalue weighted by Gasteiger charge is 2.42. The Hall–Kier alpha value is 0.0749. The van der Waals surface area contributed by atoms with Gasteiger partial charge in [0, 0.05) is 26.7 Å². The predicted molar refractivity (Wildman–Crippen MR) is 84.9 cm³/mol. The maximum Gasteiger partial charge on any atom is 0.204 e. The summed E-state index contributed by atoms with van der Waals surface area (Å²) in [6.45, 7) is 13.2. The molecular formula is C15H29BF2OS. The van der Waals surface area contributed by atoms with Crippen molar-refractivity contribution in [3.8, 4) is 0 Å². The van der Waals surface area contributed by atoms with Gasteiger partial charge >= 0.3 is 0 Å². The van der Waals surface area contributed by atoms with Gasteiger partial charge in [-0.1, -0.05) is 34.6 Å². The molecule has 0 aromatic heterocycles. The first-order valence-electron chi connectivity index (χ1n) is 7.24. The van der Waals surface area contributed by atoms with Gasteiger partial charge in [0.25, 0.3) is 0 Å². The number of hydrogen-bond donors (Lipinski definition) is 0. The molecule has 0 heterocycles. The minimum absolute atomic E-state index is 0.0504. The van der Waals surface area contributed by atoms with Crippen LogP contribution in [0.1, 0.15) is 67.7 Å². The Morgan fingerprint density at radius 3 is 1.80 bits per heavy atom. The Morgan fingerprint density at radius 2 is 1.45 bits per heavy atom. The van der Waals surface area contributed by atoms with Gasteiger partial charge in [-0.15, -0.1) is 0 Å². The van der Waals surface area contributed by atoms with Gasteiger partial charge in [0.15, 0.2) is 7.85 Å². The van der Waals surface area contributed by atoms with Crippen LogP contribution in [0.4, 0.5) is 8.78 Å². The summed E-state index contributed by atoms with van der Waals surface area (Å²) in [5, 5.41) is 0. The first-order valence-corrected chi connectivity index (χ1v) is 8.56. The largest absolute Gasteiger partial charge is 0.259 e. The lowest BCUT2D eigenvalue weighted by Gasteiger charge is -2.40. The second-order valence-electron chi connectivity index (χ2n) is 7.41. The Labute approximate surface area is 127 Å². The molecule has 0 aromatic carbocycles. The summed E-state index contributed by atoms with van der Waals surface area (Å²) in [7, 11) is 3.85. The molecule has 20 heavy (non-hydrogen) atoms. The van der Waals surface area contributed by atoms with Gasteiger partial charge < -0.3 is 0 Å². The number of alkyl halides is 2. The molecule has 0 aliphatic carbocycles. The van der Waals surface area contributed by atoms with E-state index in [1.54, 1.807) is 0 Å². The number of rotatable bonds is 8. The lowest BCUT2D eigenvalue weighted by molar-refractivity contribution is -0.0314. The van der Waals surface area contributed by atoms with E-state index in [0.717, 1.165) is 6.42 Å². The Bertz CT molecular complexity index is 346. The fourth-order valence-corrected chi connectivity index (χ4v) is 3.48. The van der Waals surface area contributed by atoms with E-state index in [-0.39, 0.29) is 16.6 Å². The molecule has 0 spiro atoms. The predicted octanol–water partition coefficient (Wildman–Crippen LogP) is 4.52. The van der Waals surface area contributed by atoms with Crippen LogP contribution in [0.2, 0.25) is 0 Å². The molecule has 0 aliphatic rings. The van der Waals surface area contributed by atoms with Crippen LogP contribution in [0.25, 0.3) is 0 Å². The molecule has 0 aliphatic heterocycles. The second-order valence-corrected chi connectivity index (χ2v) is 9.53. The van der Waals surface area contributed by atoms with Crippen LogP contribution in [0.3, 0.4) is 0 Å². The van der Waals surface area contributed by atoms with E-state index in [0.29, 0.717) is 12.2 Å². The molecule has 118 valence electrons. The van der Waals surface area contributed by atoms with Crippen LogP contribution in [-0.2, 0) is 10.8 Å². The van der Waals surface area contributed by atoms with Gasteiger partial charge in [0.2, 0.25) is 5.82 Å². The van der Waals surface area contributed by atoms with E-state index in [4.69, 9.17) is 7.85 Å². The maximum absolute atomic E-state index is 13.2. The highest BCUT2D eigenvalue weighted by atomic mass is 32.2. The zero-order chi connectivity index (χ0) is 16.4. The normalized spacial score (nSPS) is 16.2. The van der Waals surface area contributed by atoms with Crippen molar-refractivity contribution in [2.75, 3.05) is 5.75 Å². The highest BCUT2D eigenvalue weighted by molar-refractivity contribution is 7.86. The molecule has 0 bridgehead atoms. The van der Waals surface area contributed by atoms with Gasteiger partial charge in [-0.3, -0.25) is 4.21 Å². The van der Waals surface area contributed by atoms with E-state index in [9.17, 15) is 13.0 Å². The zero-order valence-corrected chi connectivity index (χ0v) is 14.8. The summed E-state index contributed by atoms with van der Waals surface area (Å²) in [6.07, 6.45) is 1.69. The average molecular weight is 306 g/mol. The van der Waals surface area contributed by atoms with Crippen molar-refractivity contribution in [2.24, 2.45) is 10.8 Å². The van der Waals surface area contributed by atoms with Crippen LogP contribution < -0.4 is 0 Å². The van der Waals surface area contributed by atoms with Crippen LogP contribution in [0.5, 0.6) is 0 Å². The molecule has 2 radical (unpaired) electrons. The van der Waals surface area contributed by atoms with Gasteiger partial charge in [0.1, 0.15) is 0 Å². The van der Waals surface area contributed by atoms with Crippen molar-refractivity contribution < 1.29 is 13.0 Å². The third-order valence-electron chi connectivity index (χ3n) is 5.12. The third-order valence-corrected chi connectivity index (χ3v) is 7.47. The lowest BCUT2D eigenvalue weighted by atomic mass is 9.72. The van der Waals surface area contributed by atoms with E-state index in [2.05, 4.69) is 20.8 Å². The van der Waals surface area contributed by atoms with Crippen molar-refractivity contribution in [1.29, 1.82) is 0 Å². The van der Waals surface area contributed by atoms with E-state index in [1.165, 1.54) is 13.8 Å². The fraction of sp³-hybridized carbons (Fsp3) is 1.00. The van der Waals surface area contributed by atoms with Crippen molar-refractivity contribution in [3.63, 3.8) is 0 Å². The lowest BCUT2D eigenvalue weighted by Crippen LogP contribution is -2.44. The number of halogens is 2. The Kier molecular flexibility index (Phi) is 6.48. The smallest absolute Gasteiger partial charge is 0.204 e. The molecule has 0 aromatic rings. The molecule has 1 unspecified atom stereocenters. The van der Waals surface area contributed by atoms with Crippen molar-refractivity contribution in [3.05, 3.63) is 0 Å². The summed E-state index contributed by atoms with van der Waals surface area (Å²) in [5.41, 5.74) is -1.31. The molecule has 0 rings (SSSR count). The molecule has 0 amide bonds. The average Bonchev–Trinajstić information content (AvgIpc) is 2.26. The van der Waals surface area contributed by atoms with Gasteiger partial charge in [-0.25, -0.2) is 8.78 Å². The number of hydrogen-bond acceptors (Lipinski definition) is 1. The molecule has 0 N–H and O–H groups in total. The summed E-state index contributed by atoms with van der Waals surface area (Å²) in [6, 6.07) is 0. The monoisotopic (exact) mass is 306 g/mol. The Morgan fingerprint density at radius 1 is 1.00 bits per heavy atom. The summed E-state index contributed by atoms with van der Waals surface area (Å²) in [4.78, 5) is 0. The highest BCUT2D eigenvalue weighted by Crippen LogP contribution is 2.40. The first-order chi connectivity index (χ1) is 8.69. The zero-order valence-electron chi connectivity index (χ0n) is 14.0. The minimum atomic E-state index is -3.20. The topological polar surface area (TPSA) is 17.1 Å². The first kappa shape index (κ1) is 20.1. The van der Waals surface area contributed by atoms with Crippen molar-refractivity contribution in [2.45, 2.75) is 78.3 Å². The minimum Gasteiger partial charge on any atom is -0.259 e. The quantitative estimate of drug-likeness (QED) is 0.603.